The van der Waals surface area contributed by atoms with Crippen LogP contribution >= 0.6 is 11.3 Å². The molecule has 8 heteroatoms. The minimum atomic E-state index is -0.570. The molecule has 2 aromatic heterocycles. The Morgan fingerprint density at radius 1 is 1.76 bits per heavy atom. The van der Waals surface area contributed by atoms with Crippen LogP contribution in [0, 0.1) is 10.1 Å². The van der Waals surface area contributed by atoms with Crippen molar-refractivity contribution in [2.24, 2.45) is 0 Å². The summed E-state index contributed by atoms with van der Waals surface area (Å²) < 4.78 is 1.44. The average Bonchev–Trinajstić information content (AvgIpc) is 2.72. The van der Waals surface area contributed by atoms with Gasteiger partial charge < -0.3 is 20.1 Å². The lowest BCUT2D eigenvalue weighted by molar-refractivity contribution is -0.389. The summed E-state index contributed by atoms with van der Waals surface area (Å²) in [4.78, 5) is 16.9. The second-order valence-corrected chi connectivity index (χ2v) is 4.67. The van der Waals surface area contributed by atoms with Crippen molar-refractivity contribution in [3.05, 3.63) is 21.7 Å². The Hall–Kier alpha value is -1.67. The highest BCUT2D eigenvalue weighted by molar-refractivity contribution is 7.15. The van der Waals surface area contributed by atoms with Crippen LogP contribution in [0.25, 0.3) is 4.96 Å². The summed E-state index contributed by atoms with van der Waals surface area (Å²) in [7, 11) is 1.67. The Kier molecular flexibility index (Phi) is 2.99. The number of imidazole rings is 1. The predicted molar refractivity (Wildman–Crippen MR) is 64.7 cm³/mol. The Labute approximate surface area is 101 Å². The van der Waals surface area contributed by atoms with Crippen molar-refractivity contribution in [1.82, 2.24) is 9.38 Å². The largest absolute Gasteiger partial charge is 0.392 e. The Bertz CT molecular complexity index is 547. The zero-order chi connectivity index (χ0) is 12.6. The number of anilines is 1. The molecule has 7 nitrogen and oxygen atoms in total. The van der Waals surface area contributed by atoms with Crippen LogP contribution in [0.3, 0.4) is 0 Å². The van der Waals surface area contributed by atoms with Crippen molar-refractivity contribution in [2.45, 2.75) is 13.0 Å². The van der Waals surface area contributed by atoms with Crippen LogP contribution in [-0.2, 0) is 0 Å². The maximum absolute atomic E-state index is 11.0. The zero-order valence-corrected chi connectivity index (χ0v) is 10.2. The molecular formula is C9H12N4O3S. The van der Waals surface area contributed by atoms with Gasteiger partial charge in [0, 0.05) is 19.0 Å². The smallest absolute Gasteiger partial charge is 0.373 e. The van der Waals surface area contributed by atoms with Gasteiger partial charge in [-0.15, -0.1) is 0 Å². The number of thiazole rings is 1. The topological polar surface area (TPSA) is 83.9 Å². The molecule has 0 fully saturated rings. The van der Waals surface area contributed by atoms with Gasteiger partial charge in [-0.05, 0) is 11.8 Å². The summed E-state index contributed by atoms with van der Waals surface area (Å²) in [5.74, 6) is 0.215. The van der Waals surface area contributed by atoms with Crippen molar-refractivity contribution in [3.8, 4) is 0 Å². The molecule has 2 rings (SSSR count). The van der Waals surface area contributed by atoms with E-state index in [0.717, 1.165) is 0 Å². The molecule has 1 unspecified atom stereocenters. The first-order valence-electron chi connectivity index (χ1n) is 5.00. The Balaban J connectivity index is 2.48. The highest BCUT2D eigenvalue weighted by atomic mass is 32.1. The molecule has 0 saturated heterocycles. The number of aliphatic hydroxyl groups is 1. The van der Waals surface area contributed by atoms with Crippen LogP contribution in [0.15, 0.2) is 11.6 Å². The van der Waals surface area contributed by atoms with Crippen molar-refractivity contribution >= 4 is 27.9 Å². The summed E-state index contributed by atoms with van der Waals surface area (Å²) in [6.45, 7) is 1.92. The van der Waals surface area contributed by atoms with E-state index in [-0.39, 0.29) is 11.6 Å². The number of aromatic nitrogens is 2. The summed E-state index contributed by atoms with van der Waals surface area (Å²) >= 11 is 1.33. The minimum Gasteiger partial charge on any atom is -0.392 e. The van der Waals surface area contributed by atoms with Crippen LogP contribution in [0.5, 0.6) is 0 Å². The van der Waals surface area contributed by atoms with Crippen molar-refractivity contribution in [2.75, 3.05) is 18.5 Å². The number of fused-ring (bicyclic) bond motifs is 1. The van der Waals surface area contributed by atoms with E-state index in [1.54, 1.807) is 30.4 Å². The first-order chi connectivity index (χ1) is 8.00. The number of aliphatic hydroxyl groups excluding tert-OH is 1. The molecule has 2 aromatic rings. The van der Waals surface area contributed by atoms with Crippen LogP contribution in [0.1, 0.15) is 6.92 Å². The lowest BCUT2D eigenvalue weighted by atomic mass is 10.4. The summed E-state index contributed by atoms with van der Waals surface area (Å²) in [6, 6.07) is 0. The Morgan fingerprint density at radius 2 is 2.47 bits per heavy atom. The van der Waals surface area contributed by atoms with Gasteiger partial charge in [0.15, 0.2) is 0 Å². The summed E-state index contributed by atoms with van der Waals surface area (Å²) in [5.41, 5.74) is 0. The quantitative estimate of drug-likeness (QED) is 0.654. The van der Waals surface area contributed by atoms with Gasteiger partial charge in [-0.2, -0.15) is 9.38 Å². The third-order valence-electron chi connectivity index (χ3n) is 2.29. The molecule has 0 spiro atoms. The zero-order valence-electron chi connectivity index (χ0n) is 9.40. The monoisotopic (exact) mass is 256 g/mol. The van der Waals surface area contributed by atoms with E-state index in [4.69, 9.17) is 0 Å². The predicted octanol–water partition coefficient (Wildman–Crippen LogP) is 1.12. The maximum Gasteiger partial charge on any atom is 0.373 e. The molecule has 17 heavy (non-hydrogen) atoms. The van der Waals surface area contributed by atoms with Gasteiger partial charge in [0.2, 0.25) is 5.82 Å². The molecule has 92 valence electrons. The molecular weight excluding hydrogens is 244 g/mol. The van der Waals surface area contributed by atoms with Crippen molar-refractivity contribution < 1.29 is 10.0 Å². The standard InChI is InChI=1S/C9H12N4O3S/c1-6(14)5-11(2)7-8(13(15)16)12-3-4-17-9(12)10-7/h3-4,6,14H,5H2,1-2H3. The van der Waals surface area contributed by atoms with E-state index < -0.39 is 11.0 Å². The number of nitrogens with zero attached hydrogens (tertiary/aromatic N) is 4. The fourth-order valence-corrected chi connectivity index (χ4v) is 2.38. The molecule has 0 bridgehead atoms. The minimum absolute atomic E-state index is 0.0654. The van der Waals surface area contributed by atoms with Gasteiger partial charge in [-0.3, -0.25) is 0 Å². The first kappa shape index (κ1) is 11.8. The number of rotatable bonds is 4. The van der Waals surface area contributed by atoms with Gasteiger partial charge in [0.1, 0.15) is 6.20 Å². The molecule has 2 heterocycles. The molecule has 0 saturated carbocycles. The molecule has 0 aromatic carbocycles. The van der Waals surface area contributed by atoms with Gasteiger partial charge >= 0.3 is 5.82 Å². The van der Waals surface area contributed by atoms with Crippen molar-refractivity contribution in [3.63, 3.8) is 0 Å². The van der Waals surface area contributed by atoms with Gasteiger partial charge in [-0.1, -0.05) is 11.3 Å². The van der Waals surface area contributed by atoms with Crippen LogP contribution in [0.4, 0.5) is 11.6 Å². The molecule has 0 amide bonds. The first-order valence-corrected chi connectivity index (χ1v) is 5.88. The SMILES string of the molecule is CC(O)CN(C)c1nc2sccn2c1[N+](=O)[O-]. The van der Waals surface area contributed by atoms with Crippen LogP contribution < -0.4 is 4.90 Å². The van der Waals surface area contributed by atoms with E-state index in [1.807, 2.05) is 0 Å². The number of hydrogen-bond acceptors (Lipinski definition) is 6. The lowest BCUT2D eigenvalue weighted by Gasteiger charge is -2.17. The third kappa shape index (κ3) is 2.08. The molecule has 1 N–H and O–H groups in total. The van der Waals surface area contributed by atoms with E-state index in [2.05, 4.69) is 4.98 Å². The summed E-state index contributed by atoms with van der Waals surface area (Å²) in [6.07, 6.45) is 1.05. The van der Waals surface area contributed by atoms with Crippen LogP contribution in [0.2, 0.25) is 0 Å². The Morgan fingerprint density at radius 3 is 3.06 bits per heavy atom. The molecule has 0 radical (unpaired) electrons. The van der Waals surface area contributed by atoms with Crippen LogP contribution in [-0.4, -0.2) is 39.1 Å². The van der Waals surface area contributed by atoms with E-state index >= 15 is 0 Å². The highest BCUT2D eigenvalue weighted by Gasteiger charge is 2.26. The van der Waals surface area contributed by atoms with Gasteiger partial charge in [-0.25, -0.2) is 0 Å². The second-order valence-electron chi connectivity index (χ2n) is 3.80. The third-order valence-corrected chi connectivity index (χ3v) is 3.05. The van der Waals surface area contributed by atoms with Crippen molar-refractivity contribution in [1.29, 1.82) is 0 Å². The highest BCUT2D eigenvalue weighted by Crippen LogP contribution is 2.30. The normalized spacial score (nSPS) is 12.9. The molecule has 0 aliphatic carbocycles. The van der Waals surface area contributed by atoms with Gasteiger partial charge in [0.05, 0.1) is 6.10 Å². The maximum atomic E-state index is 11.0. The van der Waals surface area contributed by atoms with Gasteiger partial charge in [0.25, 0.3) is 4.96 Å². The molecule has 1 atom stereocenters. The fourth-order valence-electron chi connectivity index (χ4n) is 1.67. The van der Waals surface area contributed by atoms with E-state index in [1.165, 1.54) is 15.7 Å². The fraction of sp³-hybridized carbons (Fsp3) is 0.444. The number of nitro groups is 1. The van der Waals surface area contributed by atoms with E-state index in [9.17, 15) is 15.2 Å². The lowest BCUT2D eigenvalue weighted by Crippen LogP contribution is -2.27. The second kappa shape index (κ2) is 4.30. The van der Waals surface area contributed by atoms with E-state index in [0.29, 0.717) is 11.5 Å². The summed E-state index contributed by atoms with van der Waals surface area (Å²) in [5, 5.41) is 22.1. The average molecular weight is 256 g/mol. The number of hydrogen-bond donors (Lipinski definition) is 1. The molecule has 0 aliphatic heterocycles. The molecule has 0 aliphatic rings. The number of likely N-dealkylation sites (N-methyl/N-ethyl adjacent to an activating group) is 1.